The number of dihydropyridines is 1. The number of aromatic nitrogens is 7. The van der Waals surface area contributed by atoms with Gasteiger partial charge in [-0.05, 0) is 226 Å². The van der Waals surface area contributed by atoms with Gasteiger partial charge in [-0.1, -0.05) is 237 Å². The molecule has 0 fully saturated rings. The van der Waals surface area contributed by atoms with Gasteiger partial charge in [-0.15, -0.1) is 22.7 Å². The summed E-state index contributed by atoms with van der Waals surface area (Å²) in [6, 6.07) is 125. The van der Waals surface area contributed by atoms with E-state index in [1.54, 1.807) is 12.4 Å². The summed E-state index contributed by atoms with van der Waals surface area (Å²) in [5.74, 6) is 0. The predicted octanol–water partition coefficient (Wildman–Crippen LogP) is 27.9. The first kappa shape index (κ1) is 68.0. The summed E-state index contributed by atoms with van der Waals surface area (Å²) in [4.78, 5) is 34.6. The number of nitrogens with zero attached hydrogens (tertiary/aromatic N) is 7. The van der Waals surface area contributed by atoms with Crippen LogP contribution in [0.2, 0.25) is 0 Å². The third-order valence-corrected chi connectivity index (χ3v) is 24.9. The fourth-order valence-electron chi connectivity index (χ4n) is 17.0. The molecule has 10 heterocycles. The first-order chi connectivity index (χ1) is 57.5. The SMILES string of the molecule is C1=C(c2cccc(-c3cccc(-c4ccc5c(c4)nc(-c4cc6ccccc6c6ccccc46)c4sc6ccccc6c45)c3)c2)C=C(c2ccccn2)NC1c1ccccn1.c1ccc(-c2cc(-c3ccc(-c4ccc5nc(-c6cc7ccccc7c7ccccc67)c6sc7ccccc7c6c5c4)cc3)cc(-c3ccccn3)n2)nc1. The molecule has 1 aliphatic heterocycles. The Balaban J connectivity index is 0.000000141. The minimum absolute atomic E-state index is 0.0968. The summed E-state index contributed by atoms with van der Waals surface area (Å²) >= 11 is 3.68. The Bertz CT molecular complexity index is 7680. The molecule has 10 heteroatoms. The van der Waals surface area contributed by atoms with Crippen LogP contribution in [-0.4, -0.2) is 34.9 Å². The van der Waals surface area contributed by atoms with Crippen LogP contribution in [0.1, 0.15) is 23.0 Å². The van der Waals surface area contributed by atoms with E-state index in [4.69, 9.17) is 19.9 Å². The third-order valence-electron chi connectivity index (χ3n) is 22.5. The monoisotopic (exact) mass is 1510 g/mol. The molecule has 1 unspecified atom stereocenters. The summed E-state index contributed by atoms with van der Waals surface area (Å²) in [5.41, 5.74) is 23.8. The molecule has 116 heavy (non-hydrogen) atoms. The maximum Gasteiger partial charge on any atom is 0.0900 e. The lowest BCUT2D eigenvalue weighted by molar-refractivity contribution is 0.736. The standard InChI is InChI=1S/C56H36N4S.C50H30N4S/c1-2-18-42-40(13-1)31-47(44-20-4-3-19-43(42)44)55-56-54(46-21-5-6-24-53(46)61-56)45-26-25-39(32-50(45)60-55)37-16-11-14-35(29-37)36-15-12-17-38(30-36)41-33-51(48-22-7-9-27-57-48)59-52(34-41)49-23-8-10-28-58-49;1-2-12-36-34(11-1)28-40(38-14-4-3-13-37(36)38)49-50-48(39-15-5-6-18-47(39)55-50)41-27-33(23-24-42(41)54-49)31-19-21-32(22-20-31)35-29-45(43-16-7-9-25-51-43)53-46(30-35)44-17-8-10-26-52-44/h1-34,51,59H;1-30H. The number of benzene rings is 13. The van der Waals surface area contributed by atoms with Crippen molar-refractivity contribution in [2.75, 3.05) is 0 Å². The highest BCUT2D eigenvalue weighted by Gasteiger charge is 2.25. The molecule has 1 atom stereocenters. The number of hydrogen-bond donors (Lipinski definition) is 1. The van der Waals surface area contributed by atoms with Crippen molar-refractivity contribution in [1.29, 1.82) is 0 Å². The highest BCUT2D eigenvalue weighted by atomic mass is 32.1. The average molecular weight is 1520 g/mol. The zero-order valence-corrected chi connectivity index (χ0v) is 64.1. The summed E-state index contributed by atoms with van der Waals surface area (Å²) in [6.45, 7) is 0. The van der Waals surface area contributed by atoms with Crippen LogP contribution in [0.5, 0.6) is 0 Å². The van der Waals surface area contributed by atoms with Crippen molar-refractivity contribution in [1.82, 2.24) is 40.2 Å². The van der Waals surface area contributed by atoms with Crippen molar-refractivity contribution >= 4 is 139 Å². The maximum atomic E-state index is 5.60. The second-order valence-electron chi connectivity index (χ2n) is 29.4. The van der Waals surface area contributed by atoms with Gasteiger partial charge in [-0.3, -0.25) is 19.9 Å². The van der Waals surface area contributed by atoms with Crippen LogP contribution in [0.4, 0.5) is 0 Å². The van der Waals surface area contributed by atoms with E-state index in [0.717, 1.165) is 129 Å². The molecule has 9 aromatic heterocycles. The van der Waals surface area contributed by atoms with Crippen molar-refractivity contribution in [3.05, 3.63) is 406 Å². The molecule has 0 spiro atoms. The van der Waals surface area contributed by atoms with E-state index in [9.17, 15) is 0 Å². The van der Waals surface area contributed by atoms with Gasteiger partial charge < -0.3 is 5.32 Å². The molecule has 542 valence electrons. The molecule has 22 aromatic rings. The Labute approximate surface area is 676 Å². The van der Waals surface area contributed by atoms with Crippen LogP contribution >= 0.6 is 22.7 Å². The van der Waals surface area contributed by atoms with Crippen LogP contribution in [0.3, 0.4) is 0 Å². The topological polar surface area (TPSA) is 102 Å². The Morgan fingerprint density at radius 2 is 0.698 bits per heavy atom. The van der Waals surface area contributed by atoms with E-state index < -0.39 is 0 Å². The molecular weight excluding hydrogens is 1450 g/mol. The second kappa shape index (κ2) is 28.7. The van der Waals surface area contributed by atoms with Gasteiger partial charge in [0.1, 0.15) is 0 Å². The van der Waals surface area contributed by atoms with Gasteiger partial charge in [0.2, 0.25) is 0 Å². The molecule has 0 radical (unpaired) electrons. The average Bonchev–Trinajstić information content (AvgIpc) is 1.51. The minimum atomic E-state index is -0.0968. The molecular formula is C106H66N8S2. The second-order valence-corrected chi connectivity index (χ2v) is 31.5. The fraction of sp³-hybridized carbons (Fsp3) is 0.00943. The van der Waals surface area contributed by atoms with Gasteiger partial charge in [0.25, 0.3) is 0 Å². The van der Waals surface area contributed by atoms with Gasteiger partial charge in [0.15, 0.2) is 0 Å². The van der Waals surface area contributed by atoms with Crippen LogP contribution in [-0.2, 0) is 0 Å². The number of fused-ring (bicyclic) bond motifs is 16. The van der Waals surface area contributed by atoms with E-state index in [-0.39, 0.29) is 6.04 Å². The lowest BCUT2D eigenvalue weighted by Gasteiger charge is -2.24. The summed E-state index contributed by atoms with van der Waals surface area (Å²) in [6.07, 6.45) is 11.7. The third kappa shape index (κ3) is 12.3. The highest BCUT2D eigenvalue weighted by Crippen LogP contribution is 2.49. The Morgan fingerprint density at radius 1 is 0.259 bits per heavy atom. The van der Waals surface area contributed by atoms with Crippen molar-refractivity contribution in [2.24, 2.45) is 0 Å². The number of pyridine rings is 7. The van der Waals surface area contributed by atoms with E-state index in [1.165, 1.54) is 94.4 Å². The zero-order valence-electron chi connectivity index (χ0n) is 62.5. The Hall–Kier alpha value is -14.8. The van der Waals surface area contributed by atoms with Gasteiger partial charge >= 0.3 is 0 Å². The quantitative estimate of drug-likeness (QED) is 0.128. The van der Waals surface area contributed by atoms with Gasteiger partial charge in [-0.25, -0.2) is 15.0 Å². The molecule has 0 aliphatic carbocycles. The number of hydrogen-bond acceptors (Lipinski definition) is 10. The maximum absolute atomic E-state index is 5.60. The number of allylic oxidation sites excluding steroid dienone is 2. The molecule has 23 rings (SSSR count). The molecule has 0 bridgehead atoms. The first-order valence-corrected chi connectivity index (χ1v) is 40.6. The van der Waals surface area contributed by atoms with Gasteiger partial charge in [0, 0.05) is 77.6 Å². The summed E-state index contributed by atoms with van der Waals surface area (Å²) in [5, 5.41) is 21.0. The van der Waals surface area contributed by atoms with E-state index in [2.05, 4.69) is 318 Å². The number of thiophene rings is 2. The van der Waals surface area contributed by atoms with Crippen LogP contribution in [0, 0.1) is 0 Å². The largest absolute Gasteiger partial charge is 0.371 e. The molecule has 13 aromatic carbocycles. The fourth-order valence-corrected chi connectivity index (χ4v) is 19.4. The van der Waals surface area contributed by atoms with Crippen LogP contribution < -0.4 is 5.32 Å². The van der Waals surface area contributed by atoms with Crippen molar-refractivity contribution in [2.45, 2.75) is 6.04 Å². The molecule has 1 aliphatic rings. The Morgan fingerprint density at radius 3 is 1.26 bits per heavy atom. The van der Waals surface area contributed by atoms with Crippen molar-refractivity contribution in [3.8, 4) is 89.8 Å². The molecule has 8 nitrogen and oxygen atoms in total. The molecule has 0 amide bonds. The molecule has 1 N–H and O–H groups in total. The smallest absolute Gasteiger partial charge is 0.0900 e. The number of rotatable bonds is 11. The summed E-state index contributed by atoms with van der Waals surface area (Å²) < 4.78 is 4.97. The van der Waals surface area contributed by atoms with Crippen LogP contribution in [0.25, 0.3) is 206 Å². The van der Waals surface area contributed by atoms with Gasteiger partial charge in [0.05, 0.1) is 77.7 Å². The van der Waals surface area contributed by atoms with E-state index >= 15 is 0 Å². The molecule has 0 saturated carbocycles. The van der Waals surface area contributed by atoms with Crippen LogP contribution in [0.15, 0.2) is 389 Å². The van der Waals surface area contributed by atoms with E-state index in [1.807, 2.05) is 102 Å². The Kier molecular flexibility index (Phi) is 16.9. The predicted molar refractivity (Wildman–Crippen MR) is 486 cm³/mol. The van der Waals surface area contributed by atoms with Gasteiger partial charge in [-0.2, -0.15) is 0 Å². The number of nitrogens with one attached hydrogen (secondary N) is 1. The molecule has 0 saturated heterocycles. The summed E-state index contributed by atoms with van der Waals surface area (Å²) in [7, 11) is 0. The lowest BCUT2D eigenvalue weighted by Crippen LogP contribution is -2.23. The first-order valence-electron chi connectivity index (χ1n) is 39.0. The lowest BCUT2D eigenvalue weighted by atomic mass is 9.92. The normalized spacial score (nSPS) is 12.9. The van der Waals surface area contributed by atoms with Crippen molar-refractivity contribution < 1.29 is 0 Å². The zero-order chi connectivity index (χ0) is 76.6. The van der Waals surface area contributed by atoms with E-state index in [0.29, 0.717) is 0 Å². The minimum Gasteiger partial charge on any atom is -0.371 e. The van der Waals surface area contributed by atoms with Crippen molar-refractivity contribution in [3.63, 3.8) is 0 Å². The highest BCUT2D eigenvalue weighted by molar-refractivity contribution is 7.27.